The van der Waals surface area contributed by atoms with Crippen molar-refractivity contribution in [2.45, 2.75) is 58.6 Å². The number of hydrogen-bond donors (Lipinski definition) is 1. The number of ether oxygens (including phenoxy) is 1. The molecule has 1 heterocycles. The van der Waals surface area contributed by atoms with E-state index in [1.165, 1.54) is 26.8 Å². The molecule has 2 aliphatic rings. The van der Waals surface area contributed by atoms with Gasteiger partial charge in [-0.15, -0.1) is 0 Å². The van der Waals surface area contributed by atoms with E-state index in [4.69, 9.17) is 4.74 Å². The Kier molecular flexibility index (Phi) is 6.34. The lowest BCUT2D eigenvalue weighted by molar-refractivity contribution is -0.163. The molecule has 0 radical (unpaired) electrons. The highest BCUT2D eigenvalue weighted by Crippen LogP contribution is 2.38. The summed E-state index contributed by atoms with van der Waals surface area (Å²) in [5.74, 6) is -2.88. The number of imide groups is 1. The fourth-order valence-corrected chi connectivity index (χ4v) is 4.06. The van der Waals surface area contributed by atoms with Crippen molar-refractivity contribution in [3.63, 3.8) is 0 Å². The average molecular weight is 414 g/mol. The van der Waals surface area contributed by atoms with Crippen LogP contribution in [0.2, 0.25) is 0 Å². The number of fused-ring (bicyclic) bond motifs is 1. The molecule has 8 heteroatoms. The van der Waals surface area contributed by atoms with E-state index in [1.54, 1.807) is 18.2 Å². The summed E-state index contributed by atoms with van der Waals surface area (Å²) in [5.41, 5.74) is 0.844. The van der Waals surface area contributed by atoms with E-state index in [2.05, 4.69) is 5.32 Å². The van der Waals surface area contributed by atoms with Gasteiger partial charge in [0.2, 0.25) is 11.8 Å². The monoisotopic (exact) mass is 414 g/mol. The minimum absolute atomic E-state index is 0.139. The lowest BCUT2D eigenvalue weighted by Gasteiger charge is -2.23. The van der Waals surface area contributed by atoms with Crippen LogP contribution in [0.3, 0.4) is 0 Å². The predicted octanol–water partition coefficient (Wildman–Crippen LogP) is 2.32. The van der Waals surface area contributed by atoms with Crippen LogP contribution in [0.25, 0.3) is 0 Å². The van der Waals surface area contributed by atoms with Crippen LogP contribution in [-0.2, 0) is 23.9 Å². The fourth-order valence-electron chi connectivity index (χ4n) is 4.06. The van der Waals surface area contributed by atoms with Crippen LogP contribution < -0.4 is 5.32 Å². The summed E-state index contributed by atoms with van der Waals surface area (Å²) in [7, 11) is 0. The zero-order valence-electron chi connectivity index (χ0n) is 17.3. The summed E-state index contributed by atoms with van der Waals surface area (Å²) < 4.78 is 5.22. The van der Waals surface area contributed by atoms with Gasteiger partial charge in [0, 0.05) is 11.3 Å². The maximum absolute atomic E-state index is 12.6. The number of hydrogen-bond acceptors (Lipinski definition) is 6. The maximum Gasteiger partial charge on any atom is 0.329 e. The lowest BCUT2D eigenvalue weighted by atomic mass is 9.81. The van der Waals surface area contributed by atoms with Gasteiger partial charge in [-0.25, -0.2) is 4.79 Å². The molecule has 8 nitrogen and oxygen atoms in total. The summed E-state index contributed by atoms with van der Waals surface area (Å²) in [6, 6.07) is 5.32. The number of amides is 3. The van der Waals surface area contributed by atoms with Gasteiger partial charge in [-0.2, -0.15) is 0 Å². The Morgan fingerprint density at radius 1 is 1.07 bits per heavy atom. The van der Waals surface area contributed by atoms with Gasteiger partial charge in [0.25, 0.3) is 5.91 Å². The van der Waals surface area contributed by atoms with Crippen LogP contribution >= 0.6 is 0 Å². The highest BCUT2D eigenvalue weighted by atomic mass is 16.5. The first-order valence-corrected chi connectivity index (χ1v) is 10.2. The molecule has 30 heavy (non-hydrogen) atoms. The molecule has 1 saturated heterocycles. The molecule has 1 N–H and O–H groups in total. The van der Waals surface area contributed by atoms with Crippen molar-refractivity contribution in [1.82, 2.24) is 4.90 Å². The van der Waals surface area contributed by atoms with E-state index in [9.17, 15) is 24.0 Å². The van der Waals surface area contributed by atoms with Crippen LogP contribution in [0.1, 0.15) is 56.8 Å². The lowest BCUT2D eigenvalue weighted by Crippen LogP contribution is -2.46. The van der Waals surface area contributed by atoms with Gasteiger partial charge in [-0.1, -0.05) is 25.0 Å². The summed E-state index contributed by atoms with van der Waals surface area (Å²) in [6.07, 6.45) is 1.97. The summed E-state index contributed by atoms with van der Waals surface area (Å²) in [4.78, 5) is 62.7. The Labute approximate surface area is 174 Å². The quantitative estimate of drug-likeness (QED) is 0.435. The number of nitrogens with one attached hydrogen (secondary N) is 1. The summed E-state index contributed by atoms with van der Waals surface area (Å²) in [5, 5.41) is 2.59. The second-order valence-corrected chi connectivity index (χ2v) is 7.93. The molecule has 3 rings (SSSR count). The molecule has 1 saturated carbocycles. The molecular weight excluding hydrogens is 388 g/mol. The number of likely N-dealkylation sites (tertiary alicyclic amines) is 1. The van der Waals surface area contributed by atoms with Crippen LogP contribution in [0.4, 0.5) is 5.69 Å². The first-order chi connectivity index (χ1) is 14.2. The molecule has 0 unspecified atom stereocenters. The van der Waals surface area contributed by atoms with Crippen LogP contribution in [0, 0.1) is 11.8 Å². The topological polar surface area (TPSA) is 110 Å². The van der Waals surface area contributed by atoms with Gasteiger partial charge < -0.3 is 10.1 Å². The van der Waals surface area contributed by atoms with E-state index in [0.717, 1.165) is 17.7 Å². The molecule has 2 fully saturated rings. The molecular formula is C22H26N2O6. The molecule has 1 aliphatic heterocycles. The average Bonchev–Trinajstić information content (AvgIpc) is 2.98. The largest absolute Gasteiger partial charge is 0.451 e. The van der Waals surface area contributed by atoms with Gasteiger partial charge in [0.15, 0.2) is 11.9 Å². The van der Waals surface area contributed by atoms with Gasteiger partial charge in [0.05, 0.1) is 11.8 Å². The summed E-state index contributed by atoms with van der Waals surface area (Å²) >= 11 is 0. The highest BCUT2D eigenvalue weighted by molar-refractivity contribution is 6.08. The number of nitrogens with zero attached hydrogens (tertiary/aromatic N) is 1. The van der Waals surface area contributed by atoms with Gasteiger partial charge in [-0.05, 0) is 45.7 Å². The van der Waals surface area contributed by atoms with E-state index < -0.39 is 24.0 Å². The number of carbonyl (C=O) groups is 5. The van der Waals surface area contributed by atoms with Crippen molar-refractivity contribution in [2.75, 3.05) is 5.32 Å². The van der Waals surface area contributed by atoms with Crippen LogP contribution in [0.5, 0.6) is 0 Å². The predicted molar refractivity (Wildman–Crippen MR) is 107 cm³/mol. The number of carbonyl (C=O) groups excluding carboxylic acids is 5. The Hall–Kier alpha value is -3.03. The zero-order valence-corrected chi connectivity index (χ0v) is 17.3. The van der Waals surface area contributed by atoms with E-state index in [-0.39, 0.29) is 29.4 Å². The molecule has 1 aromatic rings. The van der Waals surface area contributed by atoms with Crippen molar-refractivity contribution in [1.29, 1.82) is 0 Å². The third kappa shape index (κ3) is 4.27. The third-order valence-electron chi connectivity index (χ3n) is 5.80. The van der Waals surface area contributed by atoms with E-state index in [0.29, 0.717) is 24.1 Å². The smallest absolute Gasteiger partial charge is 0.329 e. The summed E-state index contributed by atoms with van der Waals surface area (Å²) in [6.45, 7) is 4.27. The molecule has 160 valence electrons. The van der Waals surface area contributed by atoms with Crippen molar-refractivity contribution in [3.8, 4) is 0 Å². The van der Waals surface area contributed by atoms with E-state index in [1.807, 2.05) is 0 Å². The molecule has 0 spiro atoms. The van der Waals surface area contributed by atoms with Gasteiger partial charge >= 0.3 is 5.97 Å². The third-order valence-corrected chi connectivity index (χ3v) is 5.80. The zero-order chi connectivity index (χ0) is 22.0. The van der Waals surface area contributed by atoms with Crippen LogP contribution in [-0.4, -0.2) is 46.5 Å². The van der Waals surface area contributed by atoms with Crippen LogP contribution in [0.15, 0.2) is 24.3 Å². The van der Waals surface area contributed by atoms with Crippen molar-refractivity contribution < 1.29 is 28.7 Å². The second kappa shape index (κ2) is 8.77. The first kappa shape index (κ1) is 21.7. The number of ketones is 1. The Morgan fingerprint density at radius 3 is 2.23 bits per heavy atom. The number of benzene rings is 1. The minimum Gasteiger partial charge on any atom is -0.451 e. The maximum atomic E-state index is 12.6. The van der Waals surface area contributed by atoms with Gasteiger partial charge in [-0.3, -0.25) is 24.1 Å². The Bertz CT molecular complexity index is 871. The first-order valence-electron chi connectivity index (χ1n) is 10.2. The number of Topliss-reactive ketones (excluding diaryl/α,β-unsaturated/α-hetero) is 1. The molecule has 3 amide bonds. The molecule has 1 aliphatic carbocycles. The molecule has 0 bridgehead atoms. The number of rotatable bonds is 6. The Balaban J connectivity index is 1.61. The van der Waals surface area contributed by atoms with Crippen molar-refractivity contribution in [2.24, 2.45) is 11.8 Å². The Morgan fingerprint density at radius 2 is 1.67 bits per heavy atom. The second-order valence-electron chi connectivity index (χ2n) is 7.93. The molecule has 4 atom stereocenters. The normalized spacial score (nSPS) is 22.8. The standard InChI is InChI=1S/C22H26N2O6/c1-12(24-20(27)17-9-4-5-10-18(17)21(24)28)22(29)30-14(3)19(26)23-16-8-6-7-15(11-16)13(2)25/h6-8,11-12,14,17-18H,4-5,9-10H2,1-3H3,(H,23,26)/t12-,14-,17-,18-/m0/s1. The van der Waals surface area contributed by atoms with Crippen molar-refractivity contribution in [3.05, 3.63) is 29.8 Å². The number of esters is 1. The molecule has 1 aromatic carbocycles. The fraction of sp³-hybridized carbons (Fsp3) is 0.500. The number of anilines is 1. The van der Waals surface area contributed by atoms with E-state index >= 15 is 0 Å². The minimum atomic E-state index is -1.14. The van der Waals surface area contributed by atoms with Crippen molar-refractivity contribution >= 4 is 35.2 Å². The molecule has 0 aromatic heterocycles. The highest BCUT2D eigenvalue weighted by Gasteiger charge is 2.51. The SMILES string of the molecule is CC(=O)c1cccc(NC(=O)[C@H](C)OC(=O)[C@H](C)N2C(=O)[C@H]3CCCC[C@@H]3C2=O)c1. The van der Waals surface area contributed by atoms with Gasteiger partial charge in [0.1, 0.15) is 6.04 Å².